The summed E-state index contributed by atoms with van der Waals surface area (Å²) < 4.78 is 5.55. The first kappa shape index (κ1) is 19.5. The molecule has 0 bridgehead atoms. The third-order valence-electron chi connectivity index (χ3n) is 5.91. The van der Waals surface area contributed by atoms with Crippen LogP contribution in [0, 0.1) is 13.8 Å². The SMILES string of the molecule is COc1c(C)cnc(CN2CCC(N(C)c3ccc4nccnc4n3)CC2)c1C. The topological polar surface area (TPSA) is 67.3 Å². The fourth-order valence-electron chi connectivity index (χ4n) is 4.13. The van der Waals surface area contributed by atoms with Gasteiger partial charge in [-0.1, -0.05) is 0 Å². The highest BCUT2D eigenvalue weighted by Gasteiger charge is 2.24. The van der Waals surface area contributed by atoms with Crippen molar-refractivity contribution in [2.75, 3.05) is 32.1 Å². The van der Waals surface area contributed by atoms with Crippen LogP contribution >= 0.6 is 0 Å². The van der Waals surface area contributed by atoms with Crippen molar-refractivity contribution in [1.82, 2.24) is 24.8 Å². The molecule has 4 rings (SSSR count). The Bertz CT molecular complexity index is 1000. The van der Waals surface area contributed by atoms with E-state index in [2.05, 4.69) is 38.7 Å². The lowest BCUT2D eigenvalue weighted by molar-refractivity contribution is 0.200. The summed E-state index contributed by atoms with van der Waals surface area (Å²) in [5.41, 5.74) is 4.86. The summed E-state index contributed by atoms with van der Waals surface area (Å²) in [6.45, 7) is 7.08. The first-order valence-corrected chi connectivity index (χ1v) is 10.1. The van der Waals surface area contributed by atoms with E-state index in [-0.39, 0.29) is 0 Å². The summed E-state index contributed by atoms with van der Waals surface area (Å²) in [5.74, 6) is 1.91. The lowest BCUT2D eigenvalue weighted by Gasteiger charge is -2.37. The minimum absolute atomic E-state index is 0.467. The van der Waals surface area contributed by atoms with Gasteiger partial charge in [0, 0.05) is 62.4 Å². The summed E-state index contributed by atoms with van der Waals surface area (Å²) in [7, 11) is 3.86. The van der Waals surface area contributed by atoms with E-state index in [1.54, 1.807) is 19.5 Å². The highest BCUT2D eigenvalue weighted by Crippen LogP contribution is 2.27. The normalized spacial score (nSPS) is 15.6. The molecule has 3 aromatic rings. The van der Waals surface area contributed by atoms with E-state index >= 15 is 0 Å². The van der Waals surface area contributed by atoms with Crippen LogP contribution < -0.4 is 9.64 Å². The Balaban J connectivity index is 1.40. The predicted molar refractivity (Wildman–Crippen MR) is 114 cm³/mol. The van der Waals surface area contributed by atoms with Crippen molar-refractivity contribution in [1.29, 1.82) is 0 Å². The zero-order chi connectivity index (χ0) is 20.4. The molecule has 7 nitrogen and oxygen atoms in total. The molecule has 1 saturated heterocycles. The summed E-state index contributed by atoms with van der Waals surface area (Å²) in [6.07, 6.45) is 7.49. The summed E-state index contributed by atoms with van der Waals surface area (Å²) >= 11 is 0. The van der Waals surface area contributed by atoms with Gasteiger partial charge in [-0.15, -0.1) is 0 Å². The molecule has 0 radical (unpaired) electrons. The number of nitrogens with zero attached hydrogens (tertiary/aromatic N) is 6. The Morgan fingerprint density at radius 2 is 1.86 bits per heavy atom. The second kappa shape index (κ2) is 8.29. The Morgan fingerprint density at radius 1 is 1.10 bits per heavy atom. The number of pyridine rings is 2. The molecule has 0 unspecified atom stereocenters. The summed E-state index contributed by atoms with van der Waals surface area (Å²) in [6, 6.07) is 4.50. The molecule has 0 saturated carbocycles. The van der Waals surface area contributed by atoms with Gasteiger partial charge >= 0.3 is 0 Å². The molecule has 1 aliphatic heterocycles. The second-order valence-electron chi connectivity index (χ2n) is 7.73. The Kier molecular flexibility index (Phi) is 5.58. The molecule has 0 aromatic carbocycles. The Morgan fingerprint density at radius 3 is 2.62 bits per heavy atom. The number of ether oxygens (including phenoxy) is 1. The molecular weight excluding hydrogens is 364 g/mol. The average Bonchev–Trinajstić information content (AvgIpc) is 2.76. The van der Waals surface area contributed by atoms with E-state index < -0.39 is 0 Å². The zero-order valence-electron chi connectivity index (χ0n) is 17.6. The molecule has 29 heavy (non-hydrogen) atoms. The minimum atomic E-state index is 0.467. The molecule has 4 heterocycles. The quantitative estimate of drug-likeness (QED) is 0.661. The van der Waals surface area contributed by atoms with Gasteiger partial charge in [-0.3, -0.25) is 14.9 Å². The highest BCUT2D eigenvalue weighted by molar-refractivity contribution is 5.71. The molecular formula is C22H28N6O. The summed E-state index contributed by atoms with van der Waals surface area (Å²) in [4.78, 5) is 22.7. The van der Waals surface area contributed by atoms with E-state index in [0.29, 0.717) is 11.7 Å². The lowest BCUT2D eigenvalue weighted by Crippen LogP contribution is -2.43. The predicted octanol–water partition coefficient (Wildman–Crippen LogP) is 3.15. The molecule has 0 N–H and O–H groups in total. The highest BCUT2D eigenvalue weighted by atomic mass is 16.5. The van der Waals surface area contributed by atoms with Crippen LogP contribution in [0.3, 0.4) is 0 Å². The van der Waals surface area contributed by atoms with Crippen LogP contribution in [0.2, 0.25) is 0 Å². The largest absolute Gasteiger partial charge is 0.496 e. The minimum Gasteiger partial charge on any atom is -0.496 e. The third-order valence-corrected chi connectivity index (χ3v) is 5.91. The van der Waals surface area contributed by atoms with Crippen molar-refractivity contribution in [2.24, 2.45) is 0 Å². The molecule has 1 aliphatic rings. The van der Waals surface area contributed by atoms with E-state index in [9.17, 15) is 0 Å². The Labute approximate surface area is 171 Å². The van der Waals surface area contributed by atoms with Gasteiger partial charge in [-0.05, 0) is 38.8 Å². The van der Waals surface area contributed by atoms with Crippen LogP contribution in [-0.4, -0.2) is 58.1 Å². The number of hydrogen-bond acceptors (Lipinski definition) is 7. The van der Waals surface area contributed by atoms with Crippen molar-refractivity contribution in [3.63, 3.8) is 0 Å². The van der Waals surface area contributed by atoms with Gasteiger partial charge < -0.3 is 9.64 Å². The van der Waals surface area contributed by atoms with Crippen LogP contribution in [0.25, 0.3) is 11.2 Å². The maximum atomic E-state index is 5.55. The molecule has 0 atom stereocenters. The van der Waals surface area contributed by atoms with Gasteiger partial charge in [0.05, 0.1) is 12.8 Å². The van der Waals surface area contributed by atoms with Gasteiger partial charge in [-0.25, -0.2) is 9.97 Å². The molecule has 0 amide bonds. The number of aromatic nitrogens is 4. The number of rotatable bonds is 5. The van der Waals surface area contributed by atoms with Crippen molar-refractivity contribution >= 4 is 17.0 Å². The molecule has 7 heteroatoms. The van der Waals surface area contributed by atoms with Gasteiger partial charge in [0.1, 0.15) is 17.1 Å². The fourth-order valence-corrected chi connectivity index (χ4v) is 4.13. The number of hydrogen-bond donors (Lipinski definition) is 0. The van der Waals surface area contributed by atoms with Crippen molar-refractivity contribution in [2.45, 2.75) is 39.3 Å². The van der Waals surface area contributed by atoms with Crippen molar-refractivity contribution in [3.05, 3.63) is 47.5 Å². The van der Waals surface area contributed by atoms with Gasteiger partial charge in [0.2, 0.25) is 0 Å². The maximum absolute atomic E-state index is 5.55. The van der Waals surface area contributed by atoms with E-state index in [1.165, 1.54) is 0 Å². The number of methoxy groups -OCH3 is 1. The number of likely N-dealkylation sites (tertiary alicyclic amines) is 1. The van der Waals surface area contributed by atoms with Crippen LogP contribution in [0.15, 0.2) is 30.7 Å². The Hall–Kier alpha value is -2.80. The summed E-state index contributed by atoms with van der Waals surface area (Å²) in [5, 5.41) is 0. The van der Waals surface area contributed by atoms with E-state index in [1.807, 2.05) is 25.3 Å². The van der Waals surface area contributed by atoms with E-state index in [4.69, 9.17) is 9.72 Å². The third kappa shape index (κ3) is 4.00. The smallest absolute Gasteiger partial charge is 0.180 e. The van der Waals surface area contributed by atoms with Crippen LogP contribution in [0.1, 0.15) is 29.7 Å². The number of piperidine rings is 1. The maximum Gasteiger partial charge on any atom is 0.180 e. The molecule has 152 valence electrons. The zero-order valence-corrected chi connectivity index (χ0v) is 17.6. The molecule has 1 fully saturated rings. The second-order valence-corrected chi connectivity index (χ2v) is 7.73. The molecule has 0 spiro atoms. The first-order chi connectivity index (χ1) is 14.1. The molecule has 0 aliphatic carbocycles. The monoisotopic (exact) mass is 392 g/mol. The standard InChI is InChI=1S/C22H28N6O/c1-15-13-25-19(16(2)21(15)29-4)14-28-11-7-17(8-12-28)27(3)20-6-5-18-22(26-20)24-10-9-23-18/h5-6,9-10,13,17H,7-8,11-12,14H2,1-4H3. The number of aryl methyl sites for hydroxylation is 1. The first-order valence-electron chi connectivity index (χ1n) is 10.1. The lowest BCUT2D eigenvalue weighted by atomic mass is 10.0. The van der Waals surface area contributed by atoms with Gasteiger partial charge in [0.15, 0.2) is 5.65 Å². The average molecular weight is 393 g/mol. The van der Waals surface area contributed by atoms with Crippen LogP contribution in [0.5, 0.6) is 5.75 Å². The van der Waals surface area contributed by atoms with Crippen LogP contribution in [-0.2, 0) is 6.54 Å². The fraction of sp³-hybridized carbons (Fsp3) is 0.455. The van der Waals surface area contributed by atoms with Crippen molar-refractivity contribution in [3.8, 4) is 5.75 Å². The van der Waals surface area contributed by atoms with E-state index in [0.717, 1.165) is 66.4 Å². The van der Waals surface area contributed by atoms with Gasteiger partial charge in [-0.2, -0.15) is 0 Å². The van der Waals surface area contributed by atoms with Gasteiger partial charge in [0.25, 0.3) is 0 Å². The molecule has 3 aromatic heterocycles. The number of fused-ring (bicyclic) bond motifs is 1. The number of anilines is 1. The van der Waals surface area contributed by atoms with Crippen LogP contribution in [0.4, 0.5) is 5.82 Å². The van der Waals surface area contributed by atoms with Crippen molar-refractivity contribution < 1.29 is 4.74 Å².